The number of rotatable bonds is 5. The van der Waals surface area contributed by atoms with Crippen molar-refractivity contribution in [1.29, 1.82) is 0 Å². The Labute approximate surface area is 147 Å². The van der Waals surface area contributed by atoms with Crippen LogP contribution in [0.4, 0.5) is 4.79 Å². The van der Waals surface area contributed by atoms with E-state index in [0.717, 1.165) is 5.56 Å². The quantitative estimate of drug-likeness (QED) is 0.824. The minimum Gasteiger partial charge on any atom is -0.477 e. The maximum Gasteiger partial charge on any atom is 0.408 e. The van der Waals surface area contributed by atoms with Crippen LogP contribution in [0.2, 0.25) is 0 Å². The first kappa shape index (κ1) is 18.8. The van der Waals surface area contributed by atoms with Crippen LogP contribution in [-0.2, 0) is 25.4 Å². The fourth-order valence-electron chi connectivity index (χ4n) is 2.34. The van der Waals surface area contributed by atoms with Gasteiger partial charge in [-0.1, -0.05) is 30.3 Å². The lowest BCUT2D eigenvalue weighted by molar-refractivity contribution is -0.142. The van der Waals surface area contributed by atoms with Crippen molar-refractivity contribution in [2.75, 3.05) is 13.7 Å². The second kappa shape index (κ2) is 8.00. The van der Waals surface area contributed by atoms with Gasteiger partial charge in [-0.2, -0.15) is 0 Å². The molecule has 0 bridgehead atoms. The van der Waals surface area contributed by atoms with Crippen LogP contribution < -0.4 is 5.32 Å². The van der Waals surface area contributed by atoms with Crippen molar-refractivity contribution < 1.29 is 23.8 Å². The number of carbonyl (C=O) groups excluding carboxylic acids is 2. The summed E-state index contributed by atoms with van der Waals surface area (Å²) in [5.74, 6) is -0.171. The monoisotopic (exact) mass is 348 g/mol. The van der Waals surface area contributed by atoms with Crippen molar-refractivity contribution in [2.24, 2.45) is 4.99 Å². The summed E-state index contributed by atoms with van der Waals surface area (Å²) in [4.78, 5) is 28.0. The van der Waals surface area contributed by atoms with Crippen molar-refractivity contribution in [2.45, 2.75) is 44.9 Å². The number of methoxy groups -OCH3 is 1. The Bertz CT molecular complexity index is 637. The van der Waals surface area contributed by atoms with E-state index < -0.39 is 29.7 Å². The average Bonchev–Trinajstić information content (AvgIpc) is 3.02. The number of carbonyl (C=O) groups is 2. The van der Waals surface area contributed by atoms with Crippen LogP contribution in [0.5, 0.6) is 0 Å². The molecule has 1 N–H and O–H groups in total. The van der Waals surface area contributed by atoms with Gasteiger partial charge in [-0.25, -0.2) is 14.6 Å². The molecule has 0 fully saturated rings. The molecule has 1 amide bonds. The maximum absolute atomic E-state index is 12.2. The first-order valence-corrected chi connectivity index (χ1v) is 8.10. The molecule has 2 atom stereocenters. The number of esters is 1. The van der Waals surface area contributed by atoms with Crippen LogP contribution in [0.1, 0.15) is 26.3 Å². The third kappa shape index (κ3) is 5.77. The van der Waals surface area contributed by atoms with Crippen LogP contribution in [0.3, 0.4) is 0 Å². The molecule has 0 spiro atoms. The highest BCUT2D eigenvalue weighted by Gasteiger charge is 2.32. The van der Waals surface area contributed by atoms with Gasteiger partial charge in [-0.15, -0.1) is 0 Å². The Morgan fingerprint density at radius 2 is 2.00 bits per heavy atom. The van der Waals surface area contributed by atoms with E-state index in [9.17, 15) is 9.59 Å². The van der Waals surface area contributed by atoms with Gasteiger partial charge in [-0.3, -0.25) is 0 Å². The second-order valence-corrected chi connectivity index (χ2v) is 6.71. The average molecular weight is 348 g/mol. The highest BCUT2D eigenvalue weighted by atomic mass is 16.6. The molecule has 0 aromatic heterocycles. The first-order chi connectivity index (χ1) is 11.8. The lowest BCUT2D eigenvalue weighted by Gasteiger charge is -2.23. The summed E-state index contributed by atoms with van der Waals surface area (Å²) in [5.41, 5.74) is 0.380. The summed E-state index contributed by atoms with van der Waals surface area (Å²) in [6.45, 7) is 5.46. The van der Waals surface area contributed by atoms with E-state index in [-0.39, 0.29) is 6.61 Å². The van der Waals surface area contributed by atoms with Gasteiger partial charge in [0.1, 0.15) is 18.2 Å². The smallest absolute Gasteiger partial charge is 0.408 e. The van der Waals surface area contributed by atoms with Crippen molar-refractivity contribution in [3.05, 3.63) is 35.9 Å². The number of hydrogen-bond donors (Lipinski definition) is 1. The van der Waals surface area contributed by atoms with Crippen molar-refractivity contribution in [1.82, 2.24) is 5.32 Å². The Hall–Kier alpha value is -2.57. The summed E-state index contributed by atoms with van der Waals surface area (Å²) in [6.07, 6.45) is -0.103. The van der Waals surface area contributed by atoms with Crippen LogP contribution in [0.15, 0.2) is 35.3 Å². The molecule has 1 aromatic rings. The third-order valence-electron chi connectivity index (χ3n) is 3.42. The van der Waals surface area contributed by atoms with E-state index in [1.165, 1.54) is 7.11 Å². The molecule has 1 aliphatic rings. The summed E-state index contributed by atoms with van der Waals surface area (Å²) in [6, 6.07) is 8.37. The van der Waals surface area contributed by atoms with E-state index >= 15 is 0 Å². The largest absolute Gasteiger partial charge is 0.477 e. The van der Waals surface area contributed by atoms with Crippen molar-refractivity contribution >= 4 is 18.0 Å². The predicted octanol–water partition coefficient (Wildman–Crippen LogP) is 2.09. The normalized spacial score (nSPS) is 17.9. The molecule has 1 heterocycles. The number of amides is 1. The van der Waals surface area contributed by atoms with E-state index in [1.54, 1.807) is 20.8 Å². The topological polar surface area (TPSA) is 86.2 Å². The molecule has 7 heteroatoms. The SMILES string of the molecule is COC(=O)C1COC([C@H](Cc2ccccc2)NC(=O)OC(C)(C)C)=N1. The summed E-state index contributed by atoms with van der Waals surface area (Å²) >= 11 is 0. The molecule has 7 nitrogen and oxygen atoms in total. The maximum atomic E-state index is 12.2. The Balaban J connectivity index is 2.15. The Kier molecular flexibility index (Phi) is 6.01. The lowest BCUT2D eigenvalue weighted by Crippen LogP contribution is -2.44. The van der Waals surface area contributed by atoms with Gasteiger partial charge >= 0.3 is 12.1 Å². The van der Waals surface area contributed by atoms with E-state index in [1.807, 2.05) is 30.3 Å². The van der Waals surface area contributed by atoms with Crippen molar-refractivity contribution in [3.8, 4) is 0 Å². The number of alkyl carbamates (subject to hydrolysis) is 1. The summed E-state index contributed by atoms with van der Waals surface area (Å²) in [7, 11) is 1.30. The zero-order valence-corrected chi connectivity index (χ0v) is 14.9. The van der Waals surface area contributed by atoms with E-state index in [4.69, 9.17) is 9.47 Å². The van der Waals surface area contributed by atoms with Gasteiger partial charge in [0.2, 0.25) is 5.90 Å². The zero-order valence-electron chi connectivity index (χ0n) is 14.9. The van der Waals surface area contributed by atoms with Crippen LogP contribution >= 0.6 is 0 Å². The predicted molar refractivity (Wildman–Crippen MR) is 92.5 cm³/mol. The van der Waals surface area contributed by atoms with Gasteiger partial charge in [0.05, 0.1) is 7.11 Å². The molecule has 0 radical (unpaired) electrons. The minimum atomic E-state index is -0.710. The van der Waals surface area contributed by atoms with Gasteiger partial charge in [0, 0.05) is 6.42 Å². The number of hydrogen-bond acceptors (Lipinski definition) is 6. The van der Waals surface area contributed by atoms with Gasteiger partial charge in [0.15, 0.2) is 6.04 Å². The minimum absolute atomic E-state index is 0.100. The number of nitrogens with zero attached hydrogens (tertiary/aromatic N) is 1. The molecule has 1 unspecified atom stereocenters. The highest BCUT2D eigenvalue weighted by molar-refractivity contribution is 5.90. The molecule has 0 saturated carbocycles. The molecule has 136 valence electrons. The Morgan fingerprint density at radius 1 is 1.32 bits per heavy atom. The molecule has 25 heavy (non-hydrogen) atoms. The number of aliphatic imine (C=N–C) groups is 1. The molecular formula is C18H24N2O5. The summed E-state index contributed by atoms with van der Waals surface area (Å²) < 4.78 is 15.5. The third-order valence-corrected chi connectivity index (χ3v) is 3.42. The number of ether oxygens (including phenoxy) is 3. The fraction of sp³-hybridized carbons (Fsp3) is 0.500. The standard InChI is InChI=1S/C18H24N2O5/c1-18(2,3)25-17(22)20-13(10-12-8-6-5-7-9-12)15-19-14(11-24-15)16(21)23-4/h5-9,13-14H,10-11H2,1-4H3,(H,20,22)/t13-,14?/m0/s1. The van der Waals surface area contributed by atoms with E-state index in [2.05, 4.69) is 15.0 Å². The van der Waals surface area contributed by atoms with Crippen LogP contribution in [0.25, 0.3) is 0 Å². The lowest BCUT2D eigenvalue weighted by atomic mass is 10.1. The summed E-state index contributed by atoms with van der Waals surface area (Å²) in [5, 5.41) is 2.77. The second-order valence-electron chi connectivity index (χ2n) is 6.71. The molecule has 2 rings (SSSR count). The first-order valence-electron chi connectivity index (χ1n) is 8.10. The van der Waals surface area contributed by atoms with Crippen molar-refractivity contribution in [3.63, 3.8) is 0 Å². The number of benzene rings is 1. The molecule has 0 aliphatic carbocycles. The zero-order chi connectivity index (χ0) is 18.4. The van der Waals surface area contributed by atoms with E-state index in [0.29, 0.717) is 12.3 Å². The molecule has 1 aromatic carbocycles. The highest BCUT2D eigenvalue weighted by Crippen LogP contribution is 2.14. The van der Waals surface area contributed by atoms with Gasteiger partial charge < -0.3 is 19.5 Å². The van der Waals surface area contributed by atoms with Gasteiger partial charge in [0.25, 0.3) is 0 Å². The van der Waals surface area contributed by atoms with Crippen LogP contribution in [-0.4, -0.2) is 49.4 Å². The molecule has 0 saturated heterocycles. The number of nitrogens with one attached hydrogen (secondary N) is 1. The van der Waals surface area contributed by atoms with Gasteiger partial charge in [-0.05, 0) is 26.3 Å². The fourth-order valence-corrected chi connectivity index (χ4v) is 2.34. The molecule has 1 aliphatic heterocycles. The Morgan fingerprint density at radius 3 is 2.60 bits per heavy atom. The van der Waals surface area contributed by atoms with Crippen LogP contribution in [0, 0.1) is 0 Å². The molecular weight excluding hydrogens is 324 g/mol.